The molecule has 0 spiro atoms. The van der Waals surface area contributed by atoms with Crippen LogP contribution in [0.15, 0.2) is 30.3 Å². The maximum Gasteiger partial charge on any atom is 0.224 e. The van der Waals surface area contributed by atoms with Crippen molar-refractivity contribution in [3.05, 3.63) is 41.8 Å². The fraction of sp³-hybridized carbons (Fsp3) is 0.474. The second-order valence-electron chi connectivity index (χ2n) is 6.51. The highest BCUT2D eigenvalue weighted by Gasteiger charge is 2.12. The fourth-order valence-corrected chi connectivity index (χ4v) is 2.65. The molecule has 130 valence electrons. The molecule has 2 rings (SSSR count). The van der Waals surface area contributed by atoms with Gasteiger partial charge in [-0.15, -0.1) is 0 Å². The molecule has 0 saturated heterocycles. The Morgan fingerprint density at radius 3 is 2.58 bits per heavy atom. The summed E-state index contributed by atoms with van der Waals surface area (Å²) in [6.45, 7) is 4.66. The summed E-state index contributed by atoms with van der Waals surface area (Å²) in [5, 5.41) is 7.33. The fourth-order valence-electron chi connectivity index (χ4n) is 2.65. The molecule has 24 heavy (non-hydrogen) atoms. The molecule has 1 heterocycles. The molecule has 0 fully saturated rings. The van der Waals surface area contributed by atoms with Crippen molar-refractivity contribution >= 4 is 5.91 Å². The lowest BCUT2D eigenvalue weighted by molar-refractivity contribution is -0.133. The van der Waals surface area contributed by atoms with Crippen LogP contribution in [0.5, 0.6) is 0 Å². The maximum absolute atomic E-state index is 12.9. The van der Waals surface area contributed by atoms with E-state index in [2.05, 4.69) is 10.2 Å². The van der Waals surface area contributed by atoms with Crippen LogP contribution in [-0.4, -0.2) is 34.6 Å². The van der Waals surface area contributed by atoms with Gasteiger partial charge in [0, 0.05) is 30.8 Å². The van der Waals surface area contributed by atoms with Gasteiger partial charge in [0.15, 0.2) is 0 Å². The minimum absolute atomic E-state index is 0.0601. The summed E-state index contributed by atoms with van der Waals surface area (Å²) < 4.78 is 12.9. The Labute approximate surface area is 143 Å². The van der Waals surface area contributed by atoms with E-state index in [9.17, 15) is 9.18 Å². The Balaban J connectivity index is 1.72. The van der Waals surface area contributed by atoms with Crippen molar-refractivity contribution in [1.82, 2.24) is 15.1 Å². The van der Waals surface area contributed by atoms with Gasteiger partial charge in [-0.25, -0.2) is 4.39 Å². The third-order valence-electron chi connectivity index (χ3n) is 4.08. The van der Waals surface area contributed by atoms with Gasteiger partial charge in [0.2, 0.25) is 5.91 Å². The molecule has 0 aliphatic rings. The van der Waals surface area contributed by atoms with Crippen LogP contribution in [0.25, 0.3) is 11.3 Å². The average Bonchev–Trinajstić information content (AvgIpc) is 3.03. The van der Waals surface area contributed by atoms with Crippen LogP contribution in [0.2, 0.25) is 0 Å². The summed E-state index contributed by atoms with van der Waals surface area (Å²) in [4.78, 5) is 13.6. The number of hydrogen-bond donors (Lipinski definition) is 1. The number of aromatic nitrogens is 2. The SMILES string of the molecule is CC(C)C(=O)N(C)CCCCCc1cc(-c2ccc(F)cc2)n[nH]1. The number of aryl methyl sites for hydroxylation is 1. The quantitative estimate of drug-likeness (QED) is 0.742. The third kappa shape index (κ3) is 5.18. The molecule has 0 saturated carbocycles. The smallest absolute Gasteiger partial charge is 0.224 e. The topological polar surface area (TPSA) is 49.0 Å². The van der Waals surface area contributed by atoms with Crippen molar-refractivity contribution < 1.29 is 9.18 Å². The lowest BCUT2D eigenvalue weighted by atomic mass is 10.1. The highest BCUT2D eigenvalue weighted by atomic mass is 19.1. The molecule has 2 aromatic rings. The first-order chi connectivity index (χ1) is 11.5. The Morgan fingerprint density at radius 1 is 1.21 bits per heavy atom. The van der Waals surface area contributed by atoms with Crippen molar-refractivity contribution in [2.75, 3.05) is 13.6 Å². The van der Waals surface area contributed by atoms with Gasteiger partial charge in [0.25, 0.3) is 0 Å². The average molecular weight is 331 g/mol. The van der Waals surface area contributed by atoms with Crippen molar-refractivity contribution in [1.29, 1.82) is 0 Å². The Hall–Kier alpha value is -2.17. The van der Waals surface area contributed by atoms with Crippen molar-refractivity contribution in [2.24, 2.45) is 5.92 Å². The molecule has 0 unspecified atom stereocenters. The summed E-state index contributed by atoms with van der Waals surface area (Å²) in [5.41, 5.74) is 2.83. The molecule has 0 bridgehead atoms. The largest absolute Gasteiger partial charge is 0.346 e. The predicted molar refractivity (Wildman–Crippen MR) is 94.0 cm³/mol. The maximum atomic E-state index is 12.9. The van der Waals surface area contributed by atoms with E-state index in [0.717, 1.165) is 49.2 Å². The van der Waals surface area contributed by atoms with Gasteiger partial charge in [-0.2, -0.15) is 5.10 Å². The lowest BCUT2D eigenvalue weighted by Gasteiger charge is -2.19. The van der Waals surface area contributed by atoms with E-state index in [1.165, 1.54) is 12.1 Å². The molecule has 1 amide bonds. The standard InChI is InChI=1S/C19H26FN3O/c1-14(2)19(24)23(3)12-6-4-5-7-17-13-18(22-21-17)15-8-10-16(20)11-9-15/h8-11,13-14H,4-7,12H2,1-3H3,(H,21,22). The number of nitrogens with one attached hydrogen (secondary N) is 1. The van der Waals surface area contributed by atoms with Crippen molar-refractivity contribution in [3.8, 4) is 11.3 Å². The number of halogens is 1. The van der Waals surface area contributed by atoms with Crippen LogP contribution in [0.4, 0.5) is 4.39 Å². The molecule has 0 radical (unpaired) electrons. The van der Waals surface area contributed by atoms with Gasteiger partial charge in [-0.1, -0.05) is 20.3 Å². The Morgan fingerprint density at radius 2 is 1.92 bits per heavy atom. The monoisotopic (exact) mass is 331 g/mol. The van der Waals surface area contributed by atoms with E-state index >= 15 is 0 Å². The first kappa shape index (κ1) is 18.2. The molecule has 1 N–H and O–H groups in total. The number of unbranched alkanes of at least 4 members (excludes halogenated alkanes) is 2. The van der Waals surface area contributed by atoms with E-state index in [1.54, 1.807) is 12.1 Å². The molecule has 0 aliphatic carbocycles. The summed E-state index contributed by atoms with van der Waals surface area (Å²) in [5.74, 6) is 0.0211. The summed E-state index contributed by atoms with van der Waals surface area (Å²) >= 11 is 0. The van der Waals surface area contributed by atoms with E-state index < -0.39 is 0 Å². The van der Waals surface area contributed by atoms with Crippen LogP contribution >= 0.6 is 0 Å². The molecular weight excluding hydrogens is 305 g/mol. The van der Waals surface area contributed by atoms with E-state index in [-0.39, 0.29) is 17.6 Å². The van der Waals surface area contributed by atoms with Gasteiger partial charge in [0.1, 0.15) is 5.82 Å². The molecular formula is C19H26FN3O. The zero-order valence-electron chi connectivity index (χ0n) is 14.7. The van der Waals surface area contributed by atoms with Crippen molar-refractivity contribution in [3.63, 3.8) is 0 Å². The van der Waals surface area contributed by atoms with E-state index in [1.807, 2.05) is 31.9 Å². The number of carbonyl (C=O) groups excluding carboxylic acids is 1. The number of amides is 1. The Kier molecular flexibility index (Phi) is 6.53. The zero-order valence-corrected chi connectivity index (χ0v) is 14.7. The van der Waals surface area contributed by atoms with Gasteiger partial charge in [-0.3, -0.25) is 9.89 Å². The lowest BCUT2D eigenvalue weighted by Crippen LogP contribution is -2.31. The normalized spacial score (nSPS) is 11.0. The molecule has 4 nitrogen and oxygen atoms in total. The summed E-state index contributed by atoms with van der Waals surface area (Å²) in [7, 11) is 1.87. The summed E-state index contributed by atoms with van der Waals surface area (Å²) in [6, 6.07) is 8.37. The van der Waals surface area contributed by atoms with Gasteiger partial charge >= 0.3 is 0 Å². The Bertz CT molecular complexity index is 649. The molecule has 5 heteroatoms. The predicted octanol–water partition coefficient (Wildman–Crippen LogP) is 4.04. The van der Waals surface area contributed by atoms with Gasteiger partial charge in [-0.05, 0) is 49.6 Å². The van der Waals surface area contributed by atoms with Crippen LogP contribution in [0.3, 0.4) is 0 Å². The highest BCUT2D eigenvalue weighted by molar-refractivity contribution is 5.77. The highest BCUT2D eigenvalue weighted by Crippen LogP contribution is 2.19. The second kappa shape index (κ2) is 8.62. The van der Waals surface area contributed by atoms with Crippen LogP contribution in [0, 0.1) is 11.7 Å². The number of rotatable bonds is 8. The number of carbonyl (C=O) groups is 1. The van der Waals surface area contributed by atoms with Crippen LogP contribution in [-0.2, 0) is 11.2 Å². The third-order valence-corrected chi connectivity index (χ3v) is 4.08. The first-order valence-electron chi connectivity index (χ1n) is 8.52. The van der Waals surface area contributed by atoms with Crippen LogP contribution in [0.1, 0.15) is 38.8 Å². The molecule has 1 aromatic carbocycles. The second-order valence-corrected chi connectivity index (χ2v) is 6.51. The van der Waals surface area contributed by atoms with Crippen LogP contribution < -0.4 is 0 Å². The van der Waals surface area contributed by atoms with E-state index in [0.29, 0.717) is 0 Å². The minimum Gasteiger partial charge on any atom is -0.346 e. The van der Waals surface area contributed by atoms with E-state index in [4.69, 9.17) is 0 Å². The summed E-state index contributed by atoms with van der Waals surface area (Å²) in [6.07, 6.45) is 4.05. The number of H-pyrrole nitrogens is 1. The first-order valence-corrected chi connectivity index (χ1v) is 8.52. The molecule has 0 aliphatic heterocycles. The minimum atomic E-state index is -0.240. The van der Waals surface area contributed by atoms with Gasteiger partial charge in [0.05, 0.1) is 5.69 Å². The number of benzene rings is 1. The number of aromatic amines is 1. The molecule has 1 aromatic heterocycles. The van der Waals surface area contributed by atoms with Gasteiger partial charge < -0.3 is 4.90 Å². The zero-order chi connectivity index (χ0) is 17.5. The molecule has 0 atom stereocenters. The number of nitrogens with zero attached hydrogens (tertiary/aromatic N) is 2. The number of hydrogen-bond acceptors (Lipinski definition) is 2. The van der Waals surface area contributed by atoms with Crippen molar-refractivity contribution in [2.45, 2.75) is 39.5 Å².